The smallest absolute Gasteiger partial charge is 0.162 e. The summed E-state index contributed by atoms with van der Waals surface area (Å²) < 4.78 is 0. The van der Waals surface area contributed by atoms with Crippen molar-refractivity contribution in [3.8, 4) is 0 Å². The van der Waals surface area contributed by atoms with Gasteiger partial charge in [0, 0.05) is 47.2 Å². The van der Waals surface area contributed by atoms with Crippen molar-refractivity contribution >= 4 is 22.3 Å². The Morgan fingerprint density at radius 3 is 3.08 bits per heavy atom. The molecule has 0 aliphatic carbocycles. The zero-order valence-electron chi connectivity index (χ0n) is 15.9. The molecular formula is C23H30N2O. The summed E-state index contributed by atoms with van der Waals surface area (Å²) in [5.41, 5.74) is 4.75. The number of H-pyrrole nitrogens is 1. The van der Waals surface area contributed by atoms with E-state index < -0.39 is 0 Å². The Bertz CT molecular complexity index is 817. The molecular weight excluding hydrogens is 320 g/mol. The summed E-state index contributed by atoms with van der Waals surface area (Å²) in [4.78, 5) is 18.6. The average molecular weight is 351 g/mol. The number of carbonyl (C=O) groups excluding carboxylic acids is 1. The zero-order valence-corrected chi connectivity index (χ0v) is 15.9. The Balaban J connectivity index is 1.54. The lowest BCUT2D eigenvalue weighted by Gasteiger charge is -2.29. The van der Waals surface area contributed by atoms with E-state index in [4.69, 9.17) is 0 Å². The van der Waals surface area contributed by atoms with Crippen LogP contribution in [0.5, 0.6) is 0 Å². The van der Waals surface area contributed by atoms with Crippen molar-refractivity contribution in [1.82, 2.24) is 9.88 Å². The molecule has 1 fully saturated rings. The Morgan fingerprint density at radius 1 is 1.27 bits per heavy atom. The van der Waals surface area contributed by atoms with Gasteiger partial charge in [0.1, 0.15) is 0 Å². The topological polar surface area (TPSA) is 36.1 Å². The molecule has 1 atom stereocenters. The monoisotopic (exact) mass is 350 g/mol. The molecule has 0 amide bonds. The molecule has 0 radical (unpaired) electrons. The van der Waals surface area contributed by atoms with Gasteiger partial charge in [-0.3, -0.25) is 9.69 Å². The molecule has 0 spiro atoms. The number of ketones is 1. The number of rotatable bonds is 7. The molecule has 2 aliphatic heterocycles. The summed E-state index contributed by atoms with van der Waals surface area (Å²) in [6, 6.07) is 6.89. The Kier molecular flexibility index (Phi) is 5.26. The molecule has 3 heteroatoms. The predicted molar refractivity (Wildman–Crippen MR) is 109 cm³/mol. The minimum atomic E-state index is 0.287. The van der Waals surface area contributed by atoms with Crippen LogP contribution in [0.3, 0.4) is 0 Å². The number of aromatic nitrogens is 1. The summed E-state index contributed by atoms with van der Waals surface area (Å²) in [5.74, 6) is 0.287. The van der Waals surface area contributed by atoms with Gasteiger partial charge in [0.25, 0.3) is 0 Å². The van der Waals surface area contributed by atoms with Crippen LogP contribution in [0.4, 0.5) is 0 Å². The van der Waals surface area contributed by atoms with Crippen LogP contribution in [-0.2, 0) is 0 Å². The molecule has 4 rings (SSSR count). The fourth-order valence-corrected chi connectivity index (χ4v) is 4.57. The first-order chi connectivity index (χ1) is 12.8. The van der Waals surface area contributed by atoms with E-state index in [2.05, 4.69) is 41.2 Å². The maximum absolute atomic E-state index is 12.6. The number of benzene rings is 1. The van der Waals surface area contributed by atoms with Gasteiger partial charge in [-0.1, -0.05) is 32.3 Å². The van der Waals surface area contributed by atoms with E-state index in [0.717, 1.165) is 36.9 Å². The van der Waals surface area contributed by atoms with Crippen molar-refractivity contribution in [2.45, 2.75) is 64.3 Å². The molecule has 138 valence electrons. The lowest BCUT2D eigenvalue weighted by atomic mass is 9.93. The molecule has 1 aromatic heterocycles. The highest BCUT2D eigenvalue weighted by atomic mass is 16.1. The van der Waals surface area contributed by atoms with E-state index in [1.54, 1.807) is 0 Å². The maximum Gasteiger partial charge on any atom is 0.162 e. The van der Waals surface area contributed by atoms with Crippen molar-refractivity contribution in [2.75, 3.05) is 13.1 Å². The highest BCUT2D eigenvalue weighted by molar-refractivity contribution is 6.02. The largest absolute Gasteiger partial charge is 0.361 e. The zero-order chi connectivity index (χ0) is 17.9. The van der Waals surface area contributed by atoms with Gasteiger partial charge >= 0.3 is 0 Å². The van der Waals surface area contributed by atoms with Crippen molar-refractivity contribution < 1.29 is 4.79 Å². The SMILES string of the molecule is CCCCCCC(=O)c1ccc2[nH]cc(C3=CCN4CCCC4C3)c2c1. The molecule has 1 saturated heterocycles. The van der Waals surface area contributed by atoms with Gasteiger partial charge in [0.05, 0.1) is 0 Å². The Labute approximate surface area is 156 Å². The molecule has 3 heterocycles. The first kappa shape index (κ1) is 17.5. The molecule has 1 unspecified atom stereocenters. The summed E-state index contributed by atoms with van der Waals surface area (Å²) in [7, 11) is 0. The number of fused-ring (bicyclic) bond motifs is 2. The second-order valence-electron chi connectivity index (χ2n) is 7.92. The molecule has 3 nitrogen and oxygen atoms in total. The summed E-state index contributed by atoms with van der Waals surface area (Å²) in [6.07, 6.45) is 13.6. The third-order valence-electron chi connectivity index (χ3n) is 6.13. The third kappa shape index (κ3) is 3.50. The molecule has 26 heavy (non-hydrogen) atoms. The van der Waals surface area contributed by atoms with E-state index in [9.17, 15) is 4.79 Å². The van der Waals surface area contributed by atoms with Crippen molar-refractivity contribution in [3.05, 3.63) is 41.6 Å². The Hall–Kier alpha value is -1.87. The van der Waals surface area contributed by atoms with Crippen LogP contribution < -0.4 is 0 Å². The fraction of sp³-hybridized carbons (Fsp3) is 0.522. The summed E-state index contributed by atoms with van der Waals surface area (Å²) >= 11 is 0. The van der Waals surface area contributed by atoms with Gasteiger partial charge in [-0.05, 0) is 56.0 Å². The van der Waals surface area contributed by atoms with Crippen molar-refractivity contribution in [2.24, 2.45) is 0 Å². The number of carbonyl (C=O) groups is 1. The quantitative estimate of drug-likeness (QED) is 0.523. The number of nitrogens with zero attached hydrogens (tertiary/aromatic N) is 1. The van der Waals surface area contributed by atoms with Gasteiger partial charge in [-0.15, -0.1) is 0 Å². The van der Waals surface area contributed by atoms with E-state index in [1.165, 1.54) is 48.8 Å². The lowest BCUT2D eigenvalue weighted by Crippen LogP contribution is -2.32. The lowest BCUT2D eigenvalue weighted by molar-refractivity contribution is 0.0979. The number of nitrogens with one attached hydrogen (secondary N) is 1. The van der Waals surface area contributed by atoms with E-state index >= 15 is 0 Å². The minimum absolute atomic E-state index is 0.287. The van der Waals surface area contributed by atoms with Crippen LogP contribution in [0, 0.1) is 0 Å². The first-order valence-corrected chi connectivity index (χ1v) is 10.3. The first-order valence-electron chi connectivity index (χ1n) is 10.3. The van der Waals surface area contributed by atoms with Crippen LogP contribution in [0.25, 0.3) is 16.5 Å². The van der Waals surface area contributed by atoms with E-state index in [0.29, 0.717) is 12.5 Å². The van der Waals surface area contributed by atoms with Gasteiger partial charge < -0.3 is 4.98 Å². The highest BCUT2D eigenvalue weighted by Crippen LogP contribution is 2.35. The van der Waals surface area contributed by atoms with Crippen molar-refractivity contribution in [3.63, 3.8) is 0 Å². The molecule has 1 N–H and O–H groups in total. The van der Waals surface area contributed by atoms with E-state index in [1.807, 2.05) is 6.07 Å². The second kappa shape index (κ2) is 7.79. The van der Waals surface area contributed by atoms with Gasteiger partial charge in [0.15, 0.2) is 5.78 Å². The van der Waals surface area contributed by atoms with Crippen LogP contribution in [0.1, 0.15) is 74.2 Å². The predicted octanol–water partition coefficient (Wildman–Crippen LogP) is 5.57. The van der Waals surface area contributed by atoms with Gasteiger partial charge in [-0.25, -0.2) is 0 Å². The number of unbranched alkanes of at least 4 members (excludes halogenated alkanes) is 3. The molecule has 0 saturated carbocycles. The summed E-state index contributed by atoms with van der Waals surface area (Å²) in [6.45, 7) is 4.52. The number of Topliss-reactive ketones (excluding diaryl/α,β-unsaturated/α-hetero) is 1. The third-order valence-corrected chi connectivity index (χ3v) is 6.13. The highest BCUT2D eigenvalue weighted by Gasteiger charge is 2.28. The van der Waals surface area contributed by atoms with E-state index in [-0.39, 0.29) is 5.78 Å². The van der Waals surface area contributed by atoms with Crippen LogP contribution in [-0.4, -0.2) is 34.8 Å². The number of hydrogen-bond donors (Lipinski definition) is 1. The Morgan fingerprint density at radius 2 is 2.19 bits per heavy atom. The molecule has 0 bridgehead atoms. The molecule has 1 aromatic carbocycles. The van der Waals surface area contributed by atoms with Crippen LogP contribution in [0.2, 0.25) is 0 Å². The number of hydrogen-bond acceptors (Lipinski definition) is 2. The fourth-order valence-electron chi connectivity index (χ4n) is 4.57. The second-order valence-corrected chi connectivity index (χ2v) is 7.92. The van der Waals surface area contributed by atoms with Gasteiger partial charge in [0.2, 0.25) is 0 Å². The molecule has 2 aliphatic rings. The number of aromatic amines is 1. The maximum atomic E-state index is 12.6. The average Bonchev–Trinajstić information content (AvgIpc) is 3.30. The standard InChI is InChI=1S/C23H30N2O/c1-2-3-4-5-8-23(26)18-9-10-22-20(15-18)21(16-24-22)17-11-13-25-12-6-7-19(25)14-17/h9-11,15-16,19,24H,2-8,12-14H2,1H3. The minimum Gasteiger partial charge on any atom is -0.361 e. The normalized spacial score (nSPS) is 20.3. The van der Waals surface area contributed by atoms with Crippen LogP contribution in [0.15, 0.2) is 30.5 Å². The summed E-state index contributed by atoms with van der Waals surface area (Å²) in [5, 5.41) is 1.21. The molecule has 2 aromatic rings. The van der Waals surface area contributed by atoms with Gasteiger partial charge in [-0.2, -0.15) is 0 Å². The van der Waals surface area contributed by atoms with Crippen molar-refractivity contribution in [1.29, 1.82) is 0 Å². The van der Waals surface area contributed by atoms with Crippen LogP contribution >= 0.6 is 0 Å².